The van der Waals surface area contributed by atoms with Crippen LogP contribution in [0.15, 0.2) is 54.6 Å². The number of hydrogen-bond donors (Lipinski definition) is 1. The SMILES string of the molecule is O=C(Nc1ccc(F)cc1Cl)C1CCN(C(=O)/C=C/c2ccccc2)CC1. The molecule has 1 aliphatic rings. The average Bonchev–Trinajstić information content (AvgIpc) is 2.69. The molecule has 3 rings (SSSR count). The highest BCUT2D eigenvalue weighted by Gasteiger charge is 2.27. The molecule has 6 heteroatoms. The van der Waals surface area contributed by atoms with E-state index in [1.165, 1.54) is 12.1 Å². The van der Waals surface area contributed by atoms with Gasteiger partial charge in [-0.15, -0.1) is 0 Å². The van der Waals surface area contributed by atoms with Gasteiger partial charge in [-0.1, -0.05) is 41.9 Å². The lowest BCUT2D eigenvalue weighted by Crippen LogP contribution is -2.40. The highest BCUT2D eigenvalue weighted by molar-refractivity contribution is 6.33. The van der Waals surface area contributed by atoms with Gasteiger partial charge in [0.1, 0.15) is 5.82 Å². The Labute approximate surface area is 162 Å². The molecule has 0 saturated carbocycles. The first-order chi connectivity index (χ1) is 13.0. The van der Waals surface area contributed by atoms with Crippen LogP contribution in [0.4, 0.5) is 10.1 Å². The summed E-state index contributed by atoms with van der Waals surface area (Å²) in [5.41, 5.74) is 1.36. The number of nitrogens with one attached hydrogen (secondary N) is 1. The molecule has 4 nitrogen and oxygen atoms in total. The number of hydrogen-bond acceptors (Lipinski definition) is 2. The number of benzene rings is 2. The van der Waals surface area contributed by atoms with Crippen LogP contribution in [-0.4, -0.2) is 29.8 Å². The summed E-state index contributed by atoms with van der Waals surface area (Å²) in [6.45, 7) is 1.04. The molecule has 0 aromatic heterocycles. The van der Waals surface area contributed by atoms with E-state index in [9.17, 15) is 14.0 Å². The van der Waals surface area contributed by atoms with E-state index in [1.54, 1.807) is 17.1 Å². The fourth-order valence-corrected chi connectivity index (χ4v) is 3.24. The molecule has 0 unspecified atom stereocenters. The highest BCUT2D eigenvalue weighted by Crippen LogP contribution is 2.25. The first kappa shape index (κ1) is 19.1. The number of halogens is 2. The van der Waals surface area contributed by atoms with E-state index in [1.807, 2.05) is 30.3 Å². The molecule has 0 spiro atoms. The largest absolute Gasteiger partial charge is 0.339 e. The minimum Gasteiger partial charge on any atom is -0.339 e. The molecule has 1 N–H and O–H groups in total. The number of carbonyl (C=O) groups excluding carboxylic acids is 2. The fourth-order valence-electron chi connectivity index (χ4n) is 3.02. The Kier molecular flexibility index (Phi) is 6.24. The van der Waals surface area contributed by atoms with E-state index in [-0.39, 0.29) is 22.8 Å². The lowest BCUT2D eigenvalue weighted by Gasteiger charge is -2.30. The number of amides is 2. The topological polar surface area (TPSA) is 49.4 Å². The molecular formula is C21H20ClFN2O2. The van der Waals surface area contributed by atoms with Gasteiger partial charge in [0.25, 0.3) is 0 Å². The van der Waals surface area contributed by atoms with Crippen molar-refractivity contribution >= 4 is 35.2 Å². The van der Waals surface area contributed by atoms with Crippen LogP contribution in [0, 0.1) is 11.7 Å². The van der Waals surface area contributed by atoms with Crippen molar-refractivity contribution in [3.05, 3.63) is 71.0 Å². The zero-order chi connectivity index (χ0) is 19.2. The van der Waals surface area contributed by atoms with Crippen LogP contribution in [0.1, 0.15) is 18.4 Å². The summed E-state index contributed by atoms with van der Waals surface area (Å²) in [5, 5.41) is 2.91. The normalized spacial score (nSPS) is 15.1. The van der Waals surface area contributed by atoms with E-state index >= 15 is 0 Å². The number of piperidine rings is 1. The summed E-state index contributed by atoms with van der Waals surface area (Å²) < 4.78 is 13.1. The van der Waals surface area contributed by atoms with Gasteiger partial charge in [0.2, 0.25) is 11.8 Å². The zero-order valence-corrected chi connectivity index (χ0v) is 15.5. The monoisotopic (exact) mass is 386 g/mol. The van der Waals surface area contributed by atoms with E-state index < -0.39 is 5.82 Å². The minimum atomic E-state index is -0.451. The third-order valence-corrected chi connectivity index (χ3v) is 4.90. The number of rotatable bonds is 4. The third kappa shape index (κ3) is 5.17. The molecule has 1 aliphatic heterocycles. The van der Waals surface area contributed by atoms with E-state index in [4.69, 9.17) is 11.6 Å². The minimum absolute atomic E-state index is 0.0562. The molecule has 2 amide bonds. The number of carbonyl (C=O) groups is 2. The average molecular weight is 387 g/mol. The second-order valence-electron chi connectivity index (χ2n) is 6.46. The van der Waals surface area contributed by atoms with Crippen molar-refractivity contribution in [1.82, 2.24) is 4.90 Å². The molecule has 1 fully saturated rings. The van der Waals surface area contributed by atoms with Crippen molar-refractivity contribution in [3.63, 3.8) is 0 Å². The van der Waals surface area contributed by atoms with Gasteiger partial charge in [0.15, 0.2) is 0 Å². The fraction of sp³-hybridized carbons (Fsp3) is 0.238. The van der Waals surface area contributed by atoms with Crippen LogP contribution >= 0.6 is 11.6 Å². The second kappa shape index (κ2) is 8.82. The molecule has 27 heavy (non-hydrogen) atoms. The summed E-state index contributed by atoms with van der Waals surface area (Å²) in [6.07, 6.45) is 4.51. The second-order valence-corrected chi connectivity index (χ2v) is 6.86. The van der Waals surface area contributed by atoms with Crippen LogP contribution in [0.3, 0.4) is 0 Å². The van der Waals surface area contributed by atoms with Gasteiger partial charge in [0.05, 0.1) is 10.7 Å². The van der Waals surface area contributed by atoms with E-state index in [0.717, 1.165) is 11.6 Å². The van der Waals surface area contributed by atoms with Crippen molar-refractivity contribution in [2.24, 2.45) is 5.92 Å². The number of anilines is 1. The van der Waals surface area contributed by atoms with E-state index in [2.05, 4.69) is 5.32 Å². The Morgan fingerprint density at radius 2 is 1.81 bits per heavy atom. The molecule has 1 saturated heterocycles. The van der Waals surface area contributed by atoms with Crippen LogP contribution in [0.5, 0.6) is 0 Å². The lowest BCUT2D eigenvalue weighted by atomic mass is 9.95. The lowest BCUT2D eigenvalue weighted by molar-refractivity contribution is -0.130. The molecule has 0 aliphatic carbocycles. The number of nitrogens with zero attached hydrogens (tertiary/aromatic N) is 1. The van der Waals surface area contributed by atoms with Crippen LogP contribution < -0.4 is 5.32 Å². The van der Waals surface area contributed by atoms with Crippen LogP contribution in [0.2, 0.25) is 5.02 Å². The van der Waals surface area contributed by atoms with Crippen LogP contribution in [0.25, 0.3) is 6.08 Å². The molecule has 2 aromatic carbocycles. The summed E-state index contributed by atoms with van der Waals surface area (Å²) in [7, 11) is 0. The predicted octanol–water partition coefficient (Wildman–Crippen LogP) is 4.37. The molecule has 140 valence electrons. The van der Waals surface area contributed by atoms with Gasteiger partial charge in [-0.2, -0.15) is 0 Å². The highest BCUT2D eigenvalue weighted by atomic mass is 35.5. The Morgan fingerprint density at radius 3 is 2.48 bits per heavy atom. The molecule has 0 atom stereocenters. The van der Waals surface area contributed by atoms with E-state index in [0.29, 0.717) is 31.6 Å². The molecular weight excluding hydrogens is 367 g/mol. The van der Waals surface area contributed by atoms with Crippen molar-refractivity contribution in [2.45, 2.75) is 12.8 Å². The predicted molar refractivity (Wildman–Crippen MR) is 105 cm³/mol. The Morgan fingerprint density at radius 1 is 1.11 bits per heavy atom. The van der Waals surface area contributed by atoms with Crippen LogP contribution in [-0.2, 0) is 9.59 Å². The maximum atomic E-state index is 13.1. The standard InChI is InChI=1S/C21H20ClFN2O2/c22-18-14-17(23)7-8-19(18)24-21(27)16-10-12-25(13-11-16)20(26)9-6-15-4-2-1-3-5-15/h1-9,14,16H,10-13H2,(H,24,27)/b9-6+. The summed E-state index contributed by atoms with van der Waals surface area (Å²) in [6, 6.07) is 13.5. The smallest absolute Gasteiger partial charge is 0.246 e. The van der Waals surface area contributed by atoms with Crippen molar-refractivity contribution in [3.8, 4) is 0 Å². The van der Waals surface area contributed by atoms with Crippen molar-refractivity contribution in [2.75, 3.05) is 18.4 Å². The Hall–Kier alpha value is -2.66. The van der Waals surface area contributed by atoms with Gasteiger partial charge >= 0.3 is 0 Å². The Bertz CT molecular complexity index is 847. The maximum absolute atomic E-state index is 13.1. The van der Waals surface area contributed by atoms with Gasteiger partial charge < -0.3 is 10.2 Å². The summed E-state index contributed by atoms with van der Waals surface area (Å²) in [4.78, 5) is 26.5. The number of likely N-dealkylation sites (tertiary alicyclic amines) is 1. The maximum Gasteiger partial charge on any atom is 0.246 e. The van der Waals surface area contributed by atoms with Crippen molar-refractivity contribution < 1.29 is 14.0 Å². The quantitative estimate of drug-likeness (QED) is 0.793. The summed E-state index contributed by atoms with van der Waals surface area (Å²) in [5.74, 6) is -0.864. The molecule has 0 radical (unpaired) electrons. The van der Waals surface area contributed by atoms with Gasteiger partial charge in [-0.25, -0.2) is 4.39 Å². The first-order valence-corrected chi connectivity index (χ1v) is 9.18. The van der Waals surface area contributed by atoms with Gasteiger partial charge in [-0.05, 0) is 42.7 Å². The van der Waals surface area contributed by atoms with Crippen molar-refractivity contribution in [1.29, 1.82) is 0 Å². The molecule has 0 bridgehead atoms. The zero-order valence-electron chi connectivity index (χ0n) is 14.7. The first-order valence-electron chi connectivity index (χ1n) is 8.81. The van der Waals surface area contributed by atoms with Gasteiger partial charge in [-0.3, -0.25) is 9.59 Å². The molecule has 1 heterocycles. The Balaban J connectivity index is 1.51. The molecule has 2 aromatic rings. The third-order valence-electron chi connectivity index (χ3n) is 4.58. The summed E-state index contributed by atoms with van der Waals surface area (Å²) >= 11 is 5.95. The van der Waals surface area contributed by atoms with Gasteiger partial charge in [0, 0.05) is 25.1 Å².